The van der Waals surface area contributed by atoms with Crippen LogP contribution in [0.1, 0.15) is 41.0 Å². The standard InChI is InChI=1S/C14H21N3O3/c18-8-9-5-6-17(7-12(9)19)14(20)13-10-3-1-2-4-11(10)15-16-13/h9,12,18-19H,1-8H2,(H,15,16)/t9-,12-/m1/s1. The van der Waals surface area contributed by atoms with Crippen molar-refractivity contribution in [2.75, 3.05) is 19.7 Å². The van der Waals surface area contributed by atoms with Gasteiger partial charge in [0.15, 0.2) is 5.69 Å². The Morgan fingerprint density at radius 2 is 2.20 bits per heavy atom. The summed E-state index contributed by atoms with van der Waals surface area (Å²) in [5, 5.41) is 26.3. The van der Waals surface area contributed by atoms with E-state index in [-0.39, 0.29) is 25.0 Å². The molecule has 0 radical (unpaired) electrons. The summed E-state index contributed by atoms with van der Waals surface area (Å²) in [6, 6.07) is 0. The van der Waals surface area contributed by atoms with Crippen LogP contribution in [0.4, 0.5) is 0 Å². The smallest absolute Gasteiger partial charge is 0.274 e. The average molecular weight is 279 g/mol. The number of β-amino-alcohol motifs (C(OH)–C–C–N with tert-alkyl or cyclic N) is 1. The Morgan fingerprint density at radius 3 is 2.95 bits per heavy atom. The predicted octanol–water partition coefficient (Wildman–Crippen LogP) is 0.104. The highest BCUT2D eigenvalue weighted by Gasteiger charge is 2.32. The molecule has 20 heavy (non-hydrogen) atoms. The molecule has 1 aromatic rings. The van der Waals surface area contributed by atoms with Crippen LogP contribution in [-0.4, -0.2) is 57.0 Å². The van der Waals surface area contributed by atoms with Gasteiger partial charge in [-0.2, -0.15) is 5.10 Å². The molecule has 0 spiro atoms. The maximum absolute atomic E-state index is 12.5. The van der Waals surface area contributed by atoms with Crippen LogP contribution >= 0.6 is 0 Å². The van der Waals surface area contributed by atoms with Gasteiger partial charge in [-0.05, 0) is 32.1 Å². The molecule has 0 saturated carbocycles. The van der Waals surface area contributed by atoms with Gasteiger partial charge in [-0.3, -0.25) is 9.89 Å². The van der Waals surface area contributed by atoms with E-state index in [1.807, 2.05) is 0 Å². The van der Waals surface area contributed by atoms with Crippen molar-refractivity contribution < 1.29 is 15.0 Å². The Balaban J connectivity index is 1.75. The fourth-order valence-corrected chi connectivity index (χ4v) is 3.19. The molecule has 0 aromatic carbocycles. The number of rotatable bonds is 2. The molecule has 1 fully saturated rings. The van der Waals surface area contributed by atoms with Gasteiger partial charge in [0.1, 0.15) is 0 Å². The number of carbonyl (C=O) groups is 1. The number of hydrogen-bond donors (Lipinski definition) is 3. The number of carbonyl (C=O) groups excluding carboxylic acids is 1. The summed E-state index contributed by atoms with van der Waals surface area (Å²) < 4.78 is 0. The summed E-state index contributed by atoms with van der Waals surface area (Å²) in [5.74, 6) is -0.216. The van der Waals surface area contributed by atoms with Crippen molar-refractivity contribution in [3.8, 4) is 0 Å². The topological polar surface area (TPSA) is 89.5 Å². The molecule has 1 aromatic heterocycles. The second kappa shape index (κ2) is 5.54. The molecular weight excluding hydrogens is 258 g/mol. The minimum atomic E-state index is -0.646. The molecule has 110 valence electrons. The van der Waals surface area contributed by atoms with Gasteiger partial charge in [0.05, 0.1) is 6.10 Å². The molecule has 1 amide bonds. The van der Waals surface area contributed by atoms with Gasteiger partial charge in [0.2, 0.25) is 0 Å². The SMILES string of the molecule is O=C(c1n[nH]c2c1CCCC2)N1CC[C@H](CO)[C@H](O)C1. The number of aryl methyl sites for hydroxylation is 1. The van der Waals surface area contributed by atoms with Crippen LogP contribution in [0.5, 0.6) is 0 Å². The number of fused-ring (bicyclic) bond motifs is 1. The molecule has 1 aliphatic heterocycles. The van der Waals surface area contributed by atoms with E-state index < -0.39 is 6.10 Å². The van der Waals surface area contributed by atoms with Crippen molar-refractivity contribution in [2.45, 2.75) is 38.2 Å². The molecule has 2 atom stereocenters. The van der Waals surface area contributed by atoms with E-state index in [0.717, 1.165) is 36.9 Å². The summed E-state index contributed by atoms with van der Waals surface area (Å²) in [7, 11) is 0. The average Bonchev–Trinajstić information content (AvgIpc) is 2.90. The van der Waals surface area contributed by atoms with Gasteiger partial charge in [-0.15, -0.1) is 0 Å². The first-order chi connectivity index (χ1) is 9.70. The second-order valence-electron chi connectivity index (χ2n) is 5.79. The Labute approximate surface area is 117 Å². The summed E-state index contributed by atoms with van der Waals surface area (Å²) >= 11 is 0. The van der Waals surface area contributed by atoms with E-state index >= 15 is 0 Å². The maximum atomic E-state index is 12.5. The van der Waals surface area contributed by atoms with Gasteiger partial charge < -0.3 is 15.1 Å². The molecule has 2 heterocycles. The highest BCUT2D eigenvalue weighted by Crippen LogP contribution is 2.25. The highest BCUT2D eigenvalue weighted by molar-refractivity contribution is 5.94. The number of amides is 1. The van der Waals surface area contributed by atoms with Crippen LogP contribution < -0.4 is 0 Å². The first-order valence-corrected chi connectivity index (χ1v) is 7.35. The number of likely N-dealkylation sites (tertiary alicyclic amines) is 1. The lowest BCUT2D eigenvalue weighted by Crippen LogP contribution is -2.47. The van der Waals surface area contributed by atoms with Crippen molar-refractivity contribution in [2.24, 2.45) is 5.92 Å². The van der Waals surface area contributed by atoms with Crippen LogP contribution in [0.3, 0.4) is 0 Å². The lowest BCUT2D eigenvalue weighted by atomic mass is 9.93. The molecule has 1 aliphatic carbocycles. The Bertz CT molecular complexity index is 500. The minimum Gasteiger partial charge on any atom is -0.396 e. The van der Waals surface area contributed by atoms with E-state index in [1.165, 1.54) is 0 Å². The quantitative estimate of drug-likeness (QED) is 0.716. The maximum Gasteiger partial charge on any atom is 0.274 e. The van der Waals surface area contributed by atoms with Crippen LogP contribution in [0.15, 0.2) is 0 Å². The lowest BCUT2D eigenvalue weighted by molar-refractivity contribution is 0.000609. The number of hydrogen-bond acceptors (Lipinski definition) is 4. The first kappa shape index (κ1) is 13.6. The fraction of sp³-hybridized carbons (Fsp3) is 0.714. The number of aliphatic hydroxyl groups excluding tert-OH is 2. The first-order valence-electron chi connectivity index (χ1n) is 7.35. The third-order valence-corrected chi connectivity index (χ3v) is 4.50. The van der Waals surface area contributed by atoms with Crippen LogP contribution in [0.25, 0.3) is 0 Å². The fourth-order valence-electron chi connectivity index (χ4n) is 3.19. The van der Waals surface area contributed by atoms with E-state index in [0.29, 0.717) is 18.7 Å². The van der Waals surface area contributed by atoms with Crippen molar-refractivity contribution in [1.29, 1.82) is 0 Å². The van der Waals surface area contributed by atoms with Gasteiger partial charge in [0.25, 0.3) is 5.91 Å². The van der Waals surface area contributed by atoms with Crippen molar-refractivity contribution in [1.82, 2.24) is 15.1 Å². The van der Waals surface area contributed by atoms with Gasteiger partial charge in [-0.1, -0.05) is 0 Å². The van der Waals surface area contributed by atoms with Crippen LogP contribution in [-0.2, 0) is 12.8 Å². The third-order valence-electron chi connectivity index (χ3n) is 4.50. The van der Waals surface area contributed by atoms with E-state index in [9.17, 15) is 9.90 Å². The summed E-state index contributed by atoms with van der Waals surface area (Å²) in [4.78, 5) is 14.2. The molecular formula is C14H21N3O3. The number of aromatic nitrogens is 2. The third kappa shape index (κ3) is 2.33. The number of aliphatic hydroxyl groups is 2. The molecule has 3 rings (SSSR count). The van der Waals surface area contributed by atoms with Crippen molar-refractivity contribution in [3.63, 3.8) is 0 Å². The predicted molar refractivity (Wildman–Crippen MR) is 72.3 cm³/mol. The zero-order chi connectivity index (χ0) is 14.1. The minimum absolute atomic E-state index is 0.0268. The van der Waals surface area contributed by atoms with Crippen molar-refractivity contribution >= 4 is 5.91 Å². The van der Waals surface area contributed by atoms with E-state index in [1.54, 1.807) is 4.90 Å². The summed E-state index contributed by atoms with van der Waals surface area (Å²) in [5.41, 5.74) is 2.67. The lowest BCUT2D eigenvalue weighted by Gasteiger charge is -2.34. The zero-order valence-corrected chi connectivity index (χ0v) is 11.5. The Kier molecular flexibility index (Phi) is 3.76. The monoisotopic (exact) mass is 279 g/mol. The Hall–Kier alpha value is -1.40. The van der Waals surface area contributed by atoms with Gasteiger partial charge in [-0.25, -0.2) is 0 Å². The highest BCUT2D eigenvalue weighted by atomic mass is 16.3. The van der Waals surface area contributed by atoms with Gasteiger partial charge in [0, 0.05) is 36.9 Å². The molecule has 2 aliphatic rings. The Morgan fingerprint density at radius 1 is 1.40 bits per heavy atom. The molecule has 3 N–H and O–H groups in total. The summed E-state index contributed by atoms with van der Waals surface area (Å²) in [6.45, 7) is 0.829. The zero-order valence-electron chi connectivity index (χ0n) is 11.5. The molecule has 6 heteroatoms. The number of aromatic amines is 1. The molecule has 0 unspecified atom stereocenters. The molecule has 6 nitrogen and oxygen atoms in total. The normalized spacial score (nSPS) is 26.4. The van der Waals surface area contributed by atoms with Crippen molar-refractivity contribution in [3.05, 3.63) is 17.0 Å². The molecule has 1 saturated heterocycles. The number of H-pyrrole nitrogens is 1. The number of nitrogens with zero attached hydrogens (tertiary/aromatic N) is 2. The van der Waals surface area contributed by atoms with E-state index in [2.05, 4.69) is 10.2 Å². The van der Waals surface area contributed by atoms with Crippen LogP contribution in [0, 0.1) is 5.92 Å². The second-order valence-corrected chi connectivity index (χ2v) is 5.79. The number of piperidine rings is 1. The van der Waals surface area contributed by atoms with Crippen LogP contribution in [0.2, 0.25) is 0 Å². The molecule has 0 bridgehead atoms. The number of nitrogens with one attached hydrogen (secondary N) is 1. The largest absolute Gasteiger partial charge is 0.396 e. The van der Waals surface area contributed by atoms with Gasteiger partial charge >= 0.3 is 0 Å². The van der Waals surface area contributed by atoms with E-state index in [4.69, 9.17) is 5.11 Å². The summed E-state index contributed by atoms with van der Waals surface area (Å²) in [6.07, 6.45) is 4.10.